The summed E-state index contributed by atoms with van der Waals surface area (Å²) in [5.74, 6) is -0.888. The van der Waals surface area contributed by atoms with Gasteiger partial charge >= 0.3 is 5.97 Å². The molecule has 1 fully saturated rings. The van der Waals surface area contributed by atoms with Crippen LogP contribution < -0.4 is 0 Å². The lowest BCUT2D eigenvalue weighted by atomic mass is 10.2. The van der Waals surface area contributed by atoms with E-state index in [-0.39, 0.29) is 0 Å². The van der Waals surface area contributed by atoms with Gasteiger partial charge in [-0.1, -0.05) is 0 Å². The van der Waals surface area contributed by atoms with E-state index in [1.807, 2.05) is 11.6 Å². The molecule has 0 atom stereocenters. The van der Waals surface area contributed by atoms with Gasteiger partial charge in [0.25, 0.3) is 0 Å². The number of nitrogens with zero attached hydrogens (tertiary/aromatic N) is 4. The standard InChI is InChI=1S/C13H22N4O2/c1-10-12(13(18)19)11(2)17(14-10)9-8-16-6-4-15(3)5-7-16/h4-9H2,1-3H3,(H,18,19). The van der Waals surface area contributed by atoms with Crippen molar-refractivity contribution >= 4 is 5.97 Å². The van der Waals surface area contributed by atoms with E-state index < -0.39 is 5.97 Å². The van der Waals surface area contributed by atoms with Gasteiger partial charge in [-0.3, -0.25) is 9.58 Å². The first-order chi connectivity index (χ1) is 8.99. The SMILES string of the molecule is Cc1nn(CCN2CCN(C)CC2)c(C)c1C(=O)O. The van der Waals surface area contributed by atoms with Crippen LogP contribution in [0.15, 0.2) is 0 Å². The zero-order valence-electron chi connectivity index (χ0n) is 11.9. The van der Waals surface area contributed by atoms with Crippen molar-refractivity contribution in [1.29, 1.82) is 0 Å². The molecule has 0 bridgehead atoms. The van der Waals surface area contributed by atoms with Crippen molar-refractivity contribution in [2.75, 3.05) is 39.8 Å². The van der Waals surface area contributed by atoms with Crippen LogP contribution in [-0.2, 0) is 6.54 Å². The second kappa shape index (κ2) is 5.71. The van der Waals surface area contributed by atoms with Crippen LogP contribution in [0.5, 0.6) is 0 Å². The molecule has 6 heteroatoms. The van der Waals surface area contributed by atoms with E-state index >= 15 is 0 Å². The fourth-order valence-corrected chi connectivity index (χ4v) is 2.53. The van der Waals surface area contributed by atoms with Gasteiger partial charge in [0.05, 0.1) is 17.9 Å². The number of carboxylic acid groups (broad SMARTS) is 1. The quantitative estimate of drug-likeness (QED) is 0.857. The van der Waals surface area contributed by atoms with Crippen molar-refractivity contribution in [3.05, 3.63) is 17.0 Å². The number of aryl methyl sites for hydroxylation is 1. The van der Waals surface area contributed by atoms with Gasteiger partial charge in [0, 0.05) is 32.7 Å². The summed E-state index contributed by atoms with van der Waals surface area (Å²) in [5, 5.41) is 13.5. The summed E-state index contributed by atoms with van der Waals surface area (Å²) in [6.45, 7) is 9.59. The number of hydrogen-bond donors (Lipinski definition) is 1. The largest absolute Gasteiger partial charge is 0.478 e. The number of carboxylic acids is 1. The Balaban J connectivity index is 1.97. The molecule has 19 heavy (non-hydrogen) atoms. The highest BCUT2D eigenvalue weighted by Crippen LogP contribution is 2.13. The number of piperazine rings is 1. The lowest BCUT2D eigenvalue weighted by Crippen LogP contribution is -2.45. The molecule has 2 heterocycles. The third-order valence-electron chi connectivity index (χ3n) is 3.82. The zero-order chi connectivity index (χ0) is 14.0. The Bertz CT molecular complexity index is 461. The number of rotatable bonds is 4. The third kappa shape index (κ3) is 3.13. The van der Waals surface area contributed by atoms with E-state index in [1.165, 1.54) is 0 Å². The molecule has 2 rings (SSSR count). The molecule has 0 aromatic carbocycles. The maximum absolute atomic E-state index is 11.1. The second-order valence-electron chi connectivity index (χ2n) is 5.22. The smallest absolute Gasteiger partial charge is 0.339 e. The fourth-order valence-electron chi connectivity index (χ4n) is 2.53. The Hall–Kier alpha value is -1.40. The van der Waals surface area contributed by atoms with Gasteiger partial charge < -0.3 is 10.0 Å². The van der Waals surface area contributed by atoms with Crippen molar-refractivity contribution in [2.24, 2.45) is 0 Å². The first-order valence-corrected chi connectivity index (χ1v) is 6.67. The molecular formula is C13H22N4O2. The molecule has 0 amide bonds. The average molecular weight is 266 g/mol. The minimum absolute atomic E-state index is 0.346. The topological polar surface area (TPSA) is 61.6 Å². The van der Waals surface area contributed by atoms with Crippen LogP contribution in [0, 0.1) is 13.8 Å². The Kier molecular flexibility index (Phi) is 4.21. The Labute approximate surface area is 113 Å². The van der Waals surface area contributed by atoms with Gasteiger partial charge in [-0.25, -0.2) is 4.79 Å². The van der Waals surface area contributed by atoms with E-state index in [2.05, 4.69) is 21.9 Å². The molecule has 0 aliphatic carbocycles. The third-order valence-corrected chi connectivity index (χ3v) is 3.82. The van der Waals surface area contributed by atoms with Gasteiger partial charge in [0.2, 0.25) is 0 Å². The van der Waals surface area contributed by atoms with Gasteiger partial charge in [0.1, 0.15) is 5.56 Å². The van der Waals surface area contributed by atoms with Crippen LogP contribution in [0.3, 0.4) is 0 Å². The molecule has 6 nitrogen and oxygen atoms in total. The van der Waals surface area contributed by atoms with Crippen molar-refractivity contribution in [3.63, 3.8) is 0 Å². The van der Waals surface area contributed by atoms with Crippen LogP contribution in [0.1, 0.15) is 21.7 Å². The Morgan fingerprint density at radius 1 is 1.21 bits per heavy atom. The molecule has 0 radical (unpaired) electrons. The molecule has 0 saturated carbocycles. The molecule has 0 spiro atoms. The molecule has 1 aliphatic heterocycles. The molecule has 1 aromatic heterocycles. The lowest BCUT2D eigenvalue weighted by molar-refractivity contribution is 0.0695. The van der Waals surface area contributed by atoms with E-state index in [0.717, 1.165) is 45.0 Å². The van der Waals surface area contributed by atoms with Crippen molar-refractivity contribution in [2.45, 2.75) is 20.4 Å². The predicted molar refractivity (Wildman–Crippen MR) is 72.6 cm³/mol. The highest BCUT2D eigenvalue weighted by atomic mass is 16.4. The number of likely N-dealkylation sites (N-methyl/N-ethyl adjacent to an activating group) is 1. The monoisotopic (exact) mass is 266 g/mol. The summed E-state index contributed by atoms with van der Waals surface area (Å²) >= 11 is 0. The van der Waals surface area contributed by atoms with Crippen molar-refractivity contribution < 1.29 is 9.90 Å². The number of aromatic carboxylic acids is 1. The highest BCUT2D eigenvalue weighted by Gasteiger charge is 2.18. The minimum Gasteiger partial charge on any atom is -0.478 e. The molecule has 106 valence electrons. The van der Waals surface area contributed by atoms with Gasteiger partial charge in [-0.05, 0) is 20.9 Å². The average Bonchev–Trinajstić information content (AvgIpc) is 2.63. The number of aromatic nitrogens is 2. The summed E-state index contributed by atoms with van der Waals surface area (Å²) in [6, 6.07) is 0. The second-order valence-corrected chi connectivity index (χ2v) is 5.22. The summed E-state index contributed by atoms with van der Waals surface area (Å²) in [5.41, 5.74) is 1.70. The van der Waals surface area contributed by atoms with E-state index in [1.54, 1.807) is 6.92 Å². The predicted octanol–water partition coefficient (Wildman–Crippen LogP) is 0.446. The van der Waals surface area contributed by atoms with Gasteiger partial charge in [-0.15, -0.1) is 0 Å². The van der Waals surface area contributed by atoms with Crippen LogP contribution in [0.25, 0.3) is 0 Å². The molecule has 1 N–H and O–H groups in total. The van der Waals surface area contributed by atoms with Crippen molar-refractivity contribution in [3.8, 4) is 0 Å². The van der Waals surface area contributed by atoms with E-state index in [0.29, 0.717) is 11.3 Å². The van der Waals surface area contributed by atoms with Crippen LogP contribution in [-0.4, -0.2) is 70.4 Å². The molecule has 0 unspecified atom stereocenters. The molecule has 1 saturated heterocycles. The summed E-state index contributed by atoms with van der Waals surface area (Å²) in [6.07, 6.45) is 0. The Morgan fingerprint density at radius 2 is 1.84 bits per heavy atom. The number of carbonyl (C=O) groups is 1. The van der Waals surface area contributed by atoms with Gasteiger partial charge in [0.15, 0.2) is 0 Å². The molecule has 1 aliphatic rings. The summed E-state index contributed by atoms with van der Waals surface area (Å²) in [4.78, 5) is 15.9. The zero-order valence-corrected chi connectivity index (χ0v) is 11.9. The number of hydrogen-bond acceptors (Lipinski definition) is 4. The molecule has 1 aromatic rings. The first-order valence-electron chi connectivity index (χ1n) is 6.67. The summed E-state index contributed by atoms with van der Waals surface area (Å²) in [7, 11) is 2.14. The summed E-state index contributed by atoms with van der Waals surface area (Å²) < 4.78 is 1.82. The fraction of sp³-hybridized carbons (Fsp3) is 0.692. The Morgan fingerprint density at radius 3 is 2.37 bits per heavy atom. The van der Waals surface area contributed by atoms with Crippen molar-refractivity contribution in [1.82, 2.24) is 19.6 Å². The van der Waals surface area contributed by atoms with Crippen LogP contribution in [0.4, 0.5) is 0 Å². The first kappa shape index (κ1) is 14.0. The lowest BCUT2D eigenvalue weighted by Gasteiger charge is -2.32. The maximum Gasteiger partial charge on any atom is 0.339 e. The normalized spacial score (nSPS) is 17.8. The van der Waals surface area contributed by atoms with E-state index in [4.69, 9.17) is 5.11 Å². The van der Waals surface area contributed by atoms with E-state index in [9.17, 15) is 4.79 Å². The maximum atomic E-state index is 11.1. The van der Waals surface area contributed by atoms with Crippen LogP contribution >= 0.6 is 0 Å². The van der Waals surface area contributed by atoms with Crippen LogP contribution in [0.2, 0.25) is 0 Å². The van der Waals surface area contributed by atoms with Gasteiger partial charge in [-0.2, -0.15) is 5.10 Å². The highest BCUT2D eigenvalue weighted by molar-refractivity contribution is 5.90. The molecular weight excluding hydrogens is 244 g/mol. The minimum atomic E-state index is -0.888.